The minimum atomic E-state index is -5.00. The molecule has 0 aliphatic carbocycles. The Bertz CT molecular complexity index is 356. The number of pyridine rings is 1. The van der Waals surface area contributed by atoms with E-state index in [1.165, 1.54) is 0 Å². The monoisotopic (exact) mass is 293 g/mol. The quantitative estimate of drug-likeness (QED) is 0.584. The normalized spacial score (nSPS) is 11.6. The zero-order valence-electron chi connectivity index (χ0n) is 6.20. The Hall–Kier alpha value is -0.560. The van der Waals surface area contributed by atoms with E-state index in [2.05, 4.69) is 25.7 Å². The highest BCUT2D eigenvalue weighted by molar-refractivity contribution is 9.10. The van der Waals surface area contributed by atoms with Crippen LogP contribution in [0.1, 0.15) is 0 Å². The van der Waals surface area contributed by atoms with Crippen molar-refractivity contribution in [3.63, 3.8) is 0 Å². The molecule has 1 rings (SSSR count). The van der Waals surface area contributed by atoms with Crippen LogP contribution >= 0.6 is 27.5 Å². The summed E-state index contributed by atoms with van der Waals surface area (Å²) in [5.74, 6) is -2.45. The van der Waals surface area contributed by atoms with E-state index < -0.39 is 18.1 Å². The fraction of sp³-hybridized carbons (Fsp3) is 0.167. The third-order valence-corrected chi connectivity index (χ3v) is 2.19. The molecule has 1 heterocycles. The van der Waals surface area contributed by atoms with Crippen molar-refractivity contribution in [2.45, 2.75) is 6.36 Å². The summed E-state index contributed by atoms with van der Waals surface area (Å²) in [4.78, 5) is 3.06. The van der Waals surface area contributed by atoms with Gasteiger partial charge in [-0.15, -0.1) is 13.2 Å². The summed E-state index contributed by atoms with van der Waals surface area (Å²) in [7, 11) is 0. The highest BCUT2D eigenvalue weighted by atomic mass is 79.9. The summed E-state index contributed by atoms with van der Waals surface area (Å²) < 4.78 is 51.1. The van der Waals surface area contributed by atoms with E-state index in [0.29, 0.717) is 0 Å². The second kappa shape index (κ2) is 3.90. The van der Waals surface area contributed by atoms with Gasteiger partial charge >= 0.3 is 6.36 Å². The number of ether oxygens (including phenoxy) is 1. The summed E-state index contributed by atoms with van der Waals surface area (Å²) in [6.45, 7) is 0. The molecule has 0 N–H and O–H groups in total. The van der Waals surface area contributed by atoms with Gasteiger partial charge in [0.15, 0.2) is 5.82 Å². The zero-order valence-corrected chi connectivity index (χ0v) is 8.54. The maximum atomic E-state index is 12.8. The van der Waals surface area contributed by atoms with Crippen LogP contribution in [0, 0.1) is 5.82 Å². The van der Waals surface area contributed by atoms with Crippen molar-refractivity contribution in [3.05, 3.63) is 21.5 Å². The lowest BCUT2D eigenvalue weighted by molar-refractivity contribution is -0.277. The number of rotatable bonds is 1. The lowest BCUT2D eigenvalue weighted by Gasteiger charge is -2.08. The first-order valence-electron chi connectivity index (χ1n) is 3.07. The van der Waals surface area contributed by atoms with E-state index in [1.807, 2.05) is 0 Å². The van der Waals surface area contributed by atoms with E-state index in [9.17, 15) is 17.6 Å². The molecule has 0 atom stereocenters. The van der Waals surface area contributed by atoms with Crippen molar-refractivity contribution in [1.29, 1.82) is 0 Å². The summed E-state index contributed by atoms with van der Waals surface area (Å²) in [6.07, 6.45) is -5.00. The van der Waals surface area contributed by atoms with Crippen LogP contribution in [-0.4, -0.2) is 11.3 Å². The molecule has 78 valence electrons. The van der Waals surface area contributed by atoms with Crippen molar-refractivity contribution in [2.75, 3.05) is 0 Å². The third kappa shape index (κ3) is 2.98. The molecule has 0 amide bonds. The molecule has 1 aromatic rings. The second-order valence-electron chi connectivity index (χ2n) is 2.10. The van der Waals surface area contributed by atoms with Gasteiger partial charge in [-0.05, 0) is 22.0 Å². The predicted octanol–water partition coefficient (Wildman–Crippen LogP) is 3.54. The van der Waals surface area contributed by atoms with E-state index in [-0.39, 0.29) is 9.63 Å². The van der Waals surface area contributed by atoms with Gasteiger partial charge < -0.3 is 4.74 Å². The Labute approximate surface area is 89.0 Å². The number of nitrogens with zero attached hydrogens (tertiary/aromatic N) is 1. The van der Waals surface area contributed by atoms with Crippen molar-refractivity contribution in [2.24, 2.45) is 0 Å². The van der Waals surface area contributed by atoms with E-state index in [4.69, 9.17) is 11.6 Å². The molecule has 0 saturated heterocycles. The lowest BCUT2D eigenvalue weighted by atomic mass is 10.5. The molecular formula is C6HBrClF4NO. The van der Waals surface area contributed by atoms with E-state index >= 15 is 0 Å². The molecule has 0 unspecified atom stereocenters. The minimum absolute atomic E-state index is 0.0474. The van der Waals surface area contributed by atoms with Crippen LogP contribution in [-0.2, 0) is 0 Å². The van der Waals surface area contributed by atoms with Gasteiger partial charge in [0.2, 0.25) is 0 Å². The summed E-state index contributed by atoms with van der Waals surface area (Å²) in [6, 6.07) is 0.733. The first-order chi connectivity index (χ1) is 6.29. The summed E-state index contributed by atoms with van der Waals surface area (Å²) in [5, 5.41) is -0.314. The van der Waals surface area contributed by atoms with Gasteiger partial charge in [-0.25, -0.2) is 4.39 Å². The van der Waals surface area contributed by atoms with Gasteiger partial charge in [0.05, 0.1) is 4.47 Å². The van der Waals surface area contributed by atoms with Crippen LogP contribution in [0.3, 0.4) is 0 Å². The Kier molecular flexibility index (Phi) is 3.20. The topological polar surface area (TPSA) is 22.1 Å². The number of alkyl halides is 3. The maximum absolute atomic E-state index is 12.8. The highest BCUT2D eigenvalue weighted by Gasteiger charge is 2.33. The Morgan fingerprint density at radius 3 is 2.50 bits per heavy atom. The molecule has 0 saturated carbocycles. The van der Waals surface area contributed by atoms with Gasteiger partial charge in [0.1, 0.15) is 5.15 Å². The molecule has 8 heteroatoms. The Morgan fingerprint density at radius 1 is 1.43 bits per heavy atom. The Morgan fingerprint density at radius 2 is 2.00 bits per heavy atom. The van der Waals surface area contributed by atoms with Gasteiger partial charge in [0.25, 0.3) is 5.88 Å². The van der Waals surface area contributed by atoms with Gasteiger partial charge in [-0.2, -0.15) is 4.98 Å². The smallest absolute Gasteiger partial charge is 0.385 e. The molecule has 14 heavy (non-hydrogen) atoms. The highest BCUT2D eigenvalue weighted by Crippen LogP contribution is 2.29. The van der Waals surface area contributed by atoms with Crippen LogP contribution < -0.4 is 4.74 Å². The van der Waals surface area contributed by atoms with Gasteiger partial charge in [-0.3, -0.25) is 0 Å². The first-order valence-corrected chi connectivity index (χ1v) is 4.24. The lowest BCUT2D eigenvalue weighted by Crippen LogP contribution is -2.18. The fourth-order valence-electron chi connectivity index (χ4n) is 0.610. The Balaban J connectivity index is 3.04. The number of hydrogen-bond donors (Lipinski definition) is 0. The number of halogens is 6. The average Bonchev–Trinajstić information content (AvgIpc) is 1.97. The van der Waals surface area contributed by atoms with Gasteiger partial charge in [0, 0.05) is 0 Å². The van der Waals surface area contributed by atoms with Crippen molar-refractivity contribution in [3.8, 4) is 5.88 Å². The molecule has 2 nitrogen and oxygen atoms in total. The standard InChI is InChI=1S/C6HBrClF4NO/c7-2-1-3(9)5(13-4(2)8)14-6(10,11)12/h1H. The van der Waals surface area contributed by atoms with Crippen molar-refractivity contribution in [1.82, 2.24) is 4.98 Å². The first kappa shape index (κ1) is 11.5. The molecule has 0 bridgehead atoms. The third-order valence-electron chi connectivity index (χ3n) is 1.07. The van der Waals surface area contributed by atoms with Crippen LogP contribution in [0.4, 0.5) is 17.6 Å². The summed E-state index contributed by atoms with van der Waals surface area (Å²) >= 11 is 8.13. The van der Waals surface area contributed by atoms with Crippen LogP contribution in [0.2, 0.25) is 5.15 Å². The summed E-state index contributed by atoms with van der Waals surface area (Å²) in [5.41, 5.74) is 0. The van der Waals surface area contributed by atoms with Crippen molar-refractivity contribution >= 4 is 27.5 Å². The maximum Gasteiger partial charge on any atom is 0.574 e. The largest absolute Gasteiger partial charge is 0.574 e. The van der Waals surface area contributed by atoms with Crippen LogP contribution in [0.5, 0.6) is 5.88 Å². The molecule has 0 aliphatic rings. The molecule has 0 radical (unpaired) electrons. The second-order valence-corrected chi connectivity index (χ2v) is 3.31. The number of aromatic nitrogens is 1. The molecule has 0 aromatic carbocycles. The number of hydrogen-bond acceptors (Lipinski definition) is 2. The average molecular weight is 294 g/mol. The molecular weight excluding hydrogens is 293 g/mol. The van der Waals surface area contributed by atoms with Crippen molar-refractivity contribution < 1.29 is 22.3 Å². The molecule has 1 aromatic heterocycles. The van der Waals surface area contributed by atoms with E-state index in [0.717, 1.165) is 6.07 Å². The van der Waals surface area contributed by atoms with Crippen LogP contribution in [0.15, 0.2) is 10.5 Å². The predicted molar refractivity (Wildman–Crippen MR) is 43.6 cm³/mol. The SMILES string of the molecule is Fc1cc(Br)c(Cl)nc1OC(F)(F)F. The fourth-order valence-corrected chi connectivity index (χ4v) is 1.03. The molecule has 0 aliphatic heterocycles. The minimum Gasteiger partial charge on any atom is -0.385 e. The molecule has 0 fully saturated rings. The molecule has 0 spiro atoms. The van der Waals surface area contributed by atoms with E-state index in [1.54, 1.807) is 0 Å². The van der Waals surface area contributed by atoms with Gasteiger partial charge in [-0.1, -0.05) is 11.6 Å². The zero-order chi connectivity index (χ0) is 10.9. The van der Waals surface area contributed by atoms with Crippen LogP contribution in [0.25, 0.3) is 0 Å².